The van der Waals surface area contributed by atoms with Crippen LogP contribution in [0.3, 0.4) is 0 Å². The molecule has 2 amide bonds. The molecule has 0 radical (unpaired) electrons. The molecule has 2 N–H and O–H groups in total. The first-order valence-corrected chi connectivity index (χ1v) is 12.4. The molecule has 1 atom stereocenters. The van der Waals surface area contributed by atoms with E-state index in [-0.39, 0.29) is 17.6 Å². The van der Waals surface area contributed by atoms with Crippen LogP contribution in [0.5, 0.6) is 5.75 Å². The molecular weight excluding hydrogens is 485 g/mol. The average Bonchev–Trinajstić information content (AvgIpc) is 3.33. The van der Waals surface area contributed by atoms with Crippen LogP contribution in [-0.4, -0.2) is 29.2 Å². The number of benzene rings is 3. The Morgan fingerprint density at radius 3 is 2.57 bits per heavy atom. The Morgan fingerprint density at radius 1 is 1.03 bits per heavy atom. The van der Waals surface area contributed by atoms with Crippen molar-refractivity contribution in [3.05, 3.63) is 89.6 Å². The third-order valence-corrected chi connectivity index (χ3v) is 6.83. The Hall–Kier alpha value is -3.69. The monoisotopic (exact) mass is 507 g/mol. The molecule has 0 aliphatic heterocycles. The molecule has 9 heteroatoms. The highest BCUT2D eigenvalue weighted by molar-refractivity contribution is 8.00. The zero-order valence-electron chi connectivity index (χ0n) is 18.9. The molecule has 1 heterocycles. The fourth-order valence-electron chi connectivity index (χ4n) is 3.16. The van der Waals surface area contributed by atoms with Crippen molar-refractivity contribution in [2.24, 2.45) is 0 Å². The summed E-state index contributed by atoms with van der Waals surface area (Å²) in [4.78, 5) is 30.6. The highest BCUT2D eigenvalue weighted by Crippen LogP contribution is 2.29. The number of ether oxygens (including phenoxy) is 1. The molecule has 0 aliphatic carbocycles. The molecule has 4 aromatic rings. The highest BCUT2D eigenvalue weighted by Gasteiger charge is 2.17. The lowest BCUT2D eigenvalue weighted by atomic mass is 10.2. The Morgan fingerprint density at radius 2 is 1.80 bits per heavy atom. The van der Waals surface area contributed by atoms with Gasteiger partial charge < -0.3 is 15.4 Å². The maximum atomic E-state index is 13.1. The summed E-state index contributed by atoms with van der Waals surface area (Å²) in [5.41, 5.74) is 2.56. The molecule has 6 nitrogen and oxygen atoms in total. The second kappa shape index (κ2) is 11.2. The molecule has 1 aromatic heterocycles. The van der Waals surface area contributed by atoms with Gasteiger partial charge in [-0.05, 0) is 67.6 Å². The summed E-state index contributed by atoms with van der Waals surface area (Å²) in [5, 5.41) is 7.59. The van der Waals surface area contributed by atoms with Gasteiger partial charge in [0.2, 0.25) is 5.91 Å². The standard InChI is InChI=1S/C26H22FN3O3S2/c1-16(24(31)30-26-29-23(15-34-26)17-9-11-19(27)12-10-17)35-22-8-4-6-20(14-22)28-25(32)18-5-3-7-21(13-18)33-2/h3-16H,1-2H3,(H,28,32)(H,29,30,31). The summed E-state index contributed by atoms with van der Waals surface area (Å²) in [5.74, 6) is -0.155. The Kier molecular flexibility index (Phi) is 7.79. The quantitative estimate of drug-likeness (QED) is 0.273. The number of hydrogen-bond acceptors (Lipinski definition) is 6. The van der Waals surface area contributed by atoms with Gasteiger partial charge in [-0.15, -0.1) is 23.1 Å². The Bertz CT molecular complexity index is 1340. The molecule has 178 valence electrons. The minimum absolute atomic E-state index is 0.194. The number of thiazole rings is 1. The van der Waals surface area contributed by atoms with Gasteiger partial charge in [-0.25, -0.2) is 9.37 Å². The van der Waals surface area contributed by atoms with Crippen LogP contribution < -0.4 is 15.4 Å². The number of halogens is 1. The van der Waals surface area contributed by atoms with E-state index in [2.05, 4.69) is 15.6 Å². The van der Waals surface area contributed by atoms with Crippen LogP contribution in [0.15, 0.2) is 83.1 Å². The first kappa shape index (κ1) is 24.4. The molecule has 0 aliphatic rings. The van der Waals surface area contributed by atoms with Crippen LogP contribution in [0.1, 0.15) is 17.3 Å². The summed E-state index contributed by atoms with van der Waals surface area (Å²) < 4.78 is 18.3. The molecule has 1 unspecified atom stereocenters. The fraction of sp³-hybridized carbons (Fsp3) is 0.115. The van der Waals surface area contributed by atoms with Crippen LogP contribution in [0.2, 0.25) is 0 Å². The lowest BCUT2D eigenvalue weighted by Gasteiger charge is -2.12. The van der Waals surface area contributed by atoms with Crippen molar-refractivity contribution >= 4 is 45.7 Å². The van der Waals surface area contributed by atoms with E-state index in [1.807, 2.05) is 23.6 Å². The van der Waals surface area contributed by atoms with Crippen molar-refractivity contribution in [2.75, 3.05) is 17.7 Å². The second-order valence-electron chi connectivity index (χ2n) is 7.51. The van der Waals surface area contributed by atoms with E-state index in [9.17, 15) is 14.0 Å². The third-order valence-electron chi connectivity index (χ3n) is 4.98. The average molecular weight is 508 g/mol. The van der Waals surface area contributed by atoms with Gasteiger partial charge in [-0.3, -0.25) is 9.59 Å². The molecule has 0 spiro atoms. The molecule has 0 saturated carbocycles. The van der Waals surface area contributed by atoms with Crippen molar-refractivity contribution in [3.8, 4) is 17.0 Å². The lowest BCUT2D eigenvalue weighted by Crippen LogP contribution is -2.22. The van der Waals surface area contributed by atoms with Crippen LogP contribution >= 0.6 is 23.1 Å². The molecule has 3 aromatic carbocycles. The topological polar surface area (TPSA) is 80.3 Å². The minimum atomic E-state index is -0.405. The molecule has 0 saturated heterocycles. The summed E-state index contributed by atoms with van der Waals surface area (Å²) in [6.07, 6.45) is 0. The number of carbonyl (C=O) groups excluding carboxylic acids is 2. The summed E-state index contributed by atoms with van der Waals surface area (Å²) in [6, 6.07) is 20.3. The van der Waals surface area contributed by atoms with Gasteiger partial charge in [-0.2, -0.15) is 0 Å². The van der Waals surface area contributed by atoms with Crippen molar-refractivity contribution in [1.29, 1.82) is 0 Å². The van der Waals surface area contributed by atoms with Crippen LogP contribution in [0, 0.1) is 5.82 Å². The van der Waals surface area contributed by atoms with Crippen molar-refractivity contribution in [3.63, 3.8) is 0 Å². The zero-order chi connectivity index (χ0) is 24.8. The predicted molar refractivity (Wildman–Crippen MR) is 139 cm³/mol. The number of carbonyl (C=O) groups is 2. The van der Waals surface area contributed by atoms with Crippen molar-refractivity contribution in [1.82, 2.24) is 4.98 Å². The van der Waals surface area contributed by atoms with E-state index < -0.39 is 5.25 Å². The number of anilines is 2. The number of hydrogen-bond donors (Lipinski definition) is 2. The minimum Gasteiger partial charge on any atom is -0.497 e. The van der Waals surface area contributed by atoms with Crippen LogP contribution in [-0.2, 0) is 4.79 Å². The number of methoxy groups -OCH3 is 1. The van der Waals surface area contributed by atoms with E-state index in [0.717, 1.165) is 10.5 Å². The Balaban J connectivity index is 1.36. The normalized spacial score (nSPS) is 11.5. The van der Waals surface area contributed by atoms with E-state index in [1.165, 1.54) is 35.2 Å². The number of thioether (sulfide) groups is 1. The summed E-state index contributed by atoms with van der Waals surface area (Å²) in [6.45, 7) is 1.80. The van der Waals surface area contributed by atoms with Gasteiger partial charge in [0.25, 0.3) is 5.91 Å². The fourth-order valence-corrected chi connectivity index (χ4v) is 4.81. The summed E-state index contributed by atoms with van der Waals surface area (Å²) in [7, 11) is 1.55. The third kappa shape index (κ3) is 6.46. The van der Waals surface area contributed by atoms with Gasteiger partial charge in [-0.1, -0.05) is 12.1 Å². The summed E-state index contributed by atoms with van der Waals surface area (Å²) >= 11 is 2.68. The highest BCUT2D eigenvalue weighted by atomic mass is 32.2. The second-order valence-corrected chi connectivity index (χ2v) is 9.78. The molecular formula is C26H22FN3O3S2. The molecule has 4 rings (SSSR count). The largest absolute Gasteiger partial charge is 0.497 e. The number of nitrogens with one attached hydrogen (secondary N) is 2. The zero-order valence-corrected chi connectivity index (χ0v) is 20.6. The number of aromatic nitrogens is 1. The lowest BCUT2D eigenvalue weighted by molar-refractivity contribution is -0.115. The number of amides is 2. The molecule has 0 fully saturated rings. The van der Waals surface area contributed by atoms with Gasteiger partial charge in [0, 0.05) is 27.1 Å². The van der Waals surface area contributed by atoms with E-state index in [1.54, 1.807) is 56.5 Å². The van der Waals surface area contributed by atoms with E-state index >= 15 is 0 Å². The Labute approximate surface area is 210 Å². The van der Waals surface area contributed by atoms with Crippen LogP contribution in [0.4, 0.5) is 15.2 Å². The maximum absolute atomic E-state index is 13.1. The van der Waals surface area contributed by atoms with E-state index in [0.29, 0.717) is 27.8 Å². The first-order valence-electron chi connectivity index (χ1n) is 10.7. The smallest absolute Gasteiger partial charge is 0.255 e. The van der Waals surface area contributed by atoms with Crippen LogP contribution in [0.25, 0.3) is 11.3 Å². The van der Waals surface area contributed by atoms with Gasteiger partial charge >= 0.3 is 0 Å². The number of rotatable bonds is 8. The molecule has 35 heavy (non-hydrogen) atoms. The van der Waals surface area contributed by atoms with Gasteiger partial charge in [0.15, 0.2) is 5.13 Å². The predicted octanol–water partition coefficient (Wildman–Crippen LogP) is 6.33. The maximum Gasteiger partial charge on any atom is 0.255 e. The van der Waals surface area contributed by atoms with E-state index in [4.69, 9.17) is 4.74 Å². The SMILES string of the molecule is COc1cccc(C(=O)Nc2cccc(SC(C)C(=O)Nc3nc(-c4ccc(F)cc4)cs3)c2)c1. The van der Waals surface area contributed by atoms with Crippen molar-refractivity contribution in [2.45, 2.75) is 17.1 Å². The van der Waals surface area contributed by atoms with Gasteiger partial charge in [0.1, 0.15) is 11.6 Å². The first-order chi connectivity index (χ1) is 16.9. The number of nitrogens with zero attached hydrogens (tertiary/aromatic N) is 1. The molecule has 0 bridgehead atoms. The van der Waals surface area contributed by atoms with Crippen molar-refractivity contribution < 1.29 is 18.7 Å². The van der Waals surface area contributed by atoms with Gasteiger partial charge in [0.05, 0.1) is 18.1 Å².